The maximum Gasteiger partial charge on any atom is 0.326 e. The summed E-state index contributed by atoms with van der Waals surface area (Å²) < 4.78 is 15.6. The van der Waals surface area contributed by atoms with Crippen molar-refractivity contribution in [1.29, 1.82) is 0 Å². The summed E-state index contributed by atoms with van der Waals surface area (Å²) in [6, 6.07) is 2.80. The van der Waals surface area contributed by atoms with Crippen molar-refractivity contribution in [2.75, 3.05) is 21.3 Å². The van der Waals surface area contributed by atoms with Crippen LogP contribution in [0.25, 0.3) is 6.08 Å². The van der Waals surface area contributed by atoms with E-state index < -0.39 is 11.9 Å². The van der Waals surface area contributed by atoms with Crippen LogP contribution in [-0.4, -0.2) is 33.3 Å². The molecule has 0 aliphatic carbocycles. The largest absolute Gasteiger partial charge is 0.493 e. The lowest BCUT2D eigenvalue weighted by atomic mass is 10.1. The number of ether oxygens (including phenoxy) is 3. The van der Waals surface area contributed by atoms with E-state index >= 15 is 0 Å². The fourth-order valence-electron chi connectivity index (χ4n) is 1.83. The zero-order chi connectivity index (χ0) is 14.7. The number of methoxy groups -OCH3 is 3. The molecule has 0 spiro atoms. The topological polar surface area (TPSA) is 85.9 Å². The lowest BCUT2D eigenvalue weighted by Crippen LogP contribution is -2.22. The molecule has 1 aromatic rings. The Morgan fingerprint density at radius 1 is 0.950 bits per heavy atom. The Bertz CT molecular complexity index is 569. The molecule has 7 nitrogen and oxygen atoms in total. The van der Waals surface area contributed by atoms with E-state index in [2.05, 4.69) is 10.6 Å². The van der Waals surface area contributed by atoms with Crippen LogP contribution in [0.5, 0.6) is 17.2 Å². The third-order valence-corrected chi connectivity index (χ3v) is 2.72. The SMILES string of the molecule is COc1cc(/C=C2\NC(=O)NC2=O)cc(OC)c1OC. The van der Waals surface area contributed by atoms with Gasteiger partial charge in [0.2, 0.25) is 5.75 Å². The van der Waals surface area contributed by atoms with Crippen molar-refractivity contribution >= 4 is 18.0 Å². The minimum Gasteiger partial charge on any atom is -0.493 e. The predicted molar refractivity (Wildman–Crippen MR) is 70.7 cm³/mol. The quantitative estimate of drug-likeness (QED) is 0.631. The first-order chi connectivity index (χ1) is 9.58. The molecule has 7 heteroatoms. The van der Waals surface area contributed by atoms with Crippen molar-refractivity contribution in [3.05, 3.63) is 23.4 Å². The third-order valence-electron chi connectivity index (χ3n) is 2.72. The predicted octanol–water partition coefficient (Wildman–Crippen LogP) is 0.893. The van der Waals surface area contributed by atoms with E-state index in [9.17, 15) is 9.59 Å². The molecule has 1 aromatic carbocycles. The lowest BCUT2D eigenvalue weighted by molar-refractivity contribution is -0.115. The van der Waals surface area contributed by atoms with Crippen LogP contribution in [0, 0.1) is 0 Å². The van der Waals surface area contributed by atoms with Crippen LogP contribution < -0.4 is 24.8 Å². The number of rotatable bonds is 4. The highest BCUT2D eigenvalue weighted by Gasteiger charge is 2.23. The second-order valence-corrected chi connectivity index (χ2v) is 3.92. The first-order valence-electron chi connectivity index (χ1n) is 5.73. The van der Waals surface area contributed by atoms with Gasteiger partial charge in [0.25, 0.3) is 5.91 Å². The summed E-state index contributed by atoms with van der Waals surface area (Å²) in [6.07, 6.45) is 1.52. The molecule has 1 saturated heterocycles. The van der Waals surface area contributed by atoms with Crippen LogP contribution in [0.3, 0.4) is 0 Å². The number of carbonyl (C=O) groups is 2. The van der Waals surface area contributed by atoms with Crippen molar-refractivity contribution in [3.8, 4) is 17.2 Å². The molecule has 0 atom stereocenters. The van der Waals surface area contributed by atoms with Gasteiger partial charge >= 0.3 is 6.03 Å². The fraction of sp³-hybridized carbons (Fsp3) is 0.231. The minimum absolute atomic E-state index is 0.157. The normalized spacial score (nSPS) is 15.8. The van der Waals surface area contributed by atoms with Gasteiger partial charge in [-0.2, -0.15) is 0 Å². The summed E-state index contributed by atoms with van der Waals surface area (Å²) in [6.45, 7) is 0. The molecule has 1 fully saturated rings. The number of carbonyl (C=O) groups excluding carboxylic acids is 2. The molecule has 1 aliphatic heterocycles. The van der Waals surface area contributed by atoms with Crippen LogP contribution in [0.1, 0.15) is 5.56 Å². The monoisotopic (exact) mass is 278 g/mol. The molecule has 3 amide bonds. The molecule has 1 aliphatic rings. The second-order valence-electron chi connectivity index (χ2n) is 3.92. The molecule has 0 radical (unpaired) electrons. The molecule has 106 valence electrons. The maximum absolute atomic E-state index is 11.5. The number of hydrogen-bond donors (Lipinski definition) is 2. The Morgan fingerprint density at radius 2 is 1.55 bits per heavy atom. The van der Waals surface area contributed by atoms with Crippen LogP contribution in [0.4, 0.5) is 4.79 Å². The van der Waals surface area contributed by atoms with Crippen molar-refractivity contribution in [2.24, 2.45) is 0 Å². The summed E-state index contributed by atoms with van der Waals surface area (Å²) in [5.41, 5.74) is 0.788. The van der Waals surface area contributed by atoms with Gasteiger partial charge in [-0.3, -0.25) is 10.1 Å². The van der Waals surface area contributed by atoms with Crippen LogP contribution in [0.2, 0.25) is 0 Å². The molecule has 0 aromatic heterocycles. The molecular weight excluding hydrogens is 264 g/mol. The minimum atomic E-state index is -0.548. The summed E-state index contributed by atoms with van der Waals surface area (Å²) in [7, 11) is 4.50. The Balaban J connectivity index is 2.45. The van der Waals surface area contributed by atoms with E-state index in [0.717, 1.165) is 0 Å². The number of amides is 3. The van der Waals surface area contributed by atoms with Gasteiger partial charge in [0.05, 0.1) is 21.3 Å². The molecule has 0 saturated carbocycles. The van der Waals surface area contributed by atoms with E-state index in [0.29, 0.717) is 22.8 Å². The van der Waals surface area contributed by atoms with Gasteiger partial charge in [0, 0.05) is 0 Å². The maximum atomic E-state index is 11.5. The van der Waals surface area contributed by atoms with Gasteiger partial charge in [-0.25, -0.2) is 4.79 Å². The van der Waals surface area contributed by atoms with Gasteiger partial charge in [-0.15, -0.1) is 0 Å². The number of imide groups is 1. The molecular formula is C13H14N2O5. The highest BCUT2D eigenvalue weighted by Crippen LogP contribution is 2.38. The third kappa shape index (κ3) is 2.51. The molecule has 0 bridgehead atoms. The second kappa shape index (κ2) is 5.52. The highest BCUT2D eigenvalue weighted by atomic mass is 16.5. The summed E-state index contributed by atoms with van der Waals surface area (Å²) in [4.78, 5) is 22.5. The number of benzene rings is 1. The molecule has 2 rings (SSSR count). The van der Waals surface area contributed by atoms with Crippen molar-refractivity contribution in [3.63, 3.8) is 0 Å². The lowest BCUT2D eigenvalue weighted by Gasteiger charge is -2.13. The zero-order valence-electron chi connectivity index (χ0n) is 11.3. The first kappa shape index (κ1) is 13.7. The summed E-state index contributed by atoms with van der Waals surface area (Å²) >= 11 is 0. The van der Waals surface area contributed by atoms with E-state index in [1.165, 1.54) is 27.4 Å². The molecule has 0 unspecified atom stereocenters. The summed E-state index contributed by atoms with van der Waals surface area (Å²) in [5, 5.41) is 4.53. The molecule has 20 heavy (non-hydrogen) atoms. The average Bonchev–Trinajstić information content (AvgIpc) is 2.75. The van der Waals surface area contributed by atoms with Crippen LogP contribution >= 0.6 is 0 Å². The smallest absolute Gasteiger partial charge is 0.326 e. The number of hydrogen-bond acceptors (Lipinski definition) is 5. The first-order valence-corrected chi connectivity index (χ1v) is 5.73. The standard InChI is InChI=1S/C13H14N2O5/c1-18-9-5-7(6-10(19-2)11(9)20-3)4-8-12(16)15-13(17)14-8/h4-6H,1-3H3,(H2,14,15,16,17)/b8-4-. The molecule has 1 heterocycles. The Kier molecular flexibility index (Phi) is 3.79. The molecule has 2 N–H and O–H groups in total. The Labute approximate surface area is 115 Å². The zero-order valence-corrected chi connectivity index (χ0v) is 11.3. The Hall–Kier alpha value is -2.70. The van der Waals surface area contributed by atoms with Gasteiger partial charge in [0.15, 0.2) is 11.5 Å². The fourth-order valence-corrected chi connectivity index (χ4v) is 1.83. The van der Waals surface area contributed by atoms with Crippen molar-refractivity contribution in [2.45, 2.75) is 0 Å². The highest BCUT2D eigenvalue weighted by molar-refractivity contribution is 6.14. The number of urea groups is 1. The number of nitrogens with one attached hydrogen (secondary N) is 2. The van der Waals surface area contributed by atoms with Gasteiger partial charge in [-0.1, -0.05) is 0 Å². The van der Waals surface area contributed by atoms with Crippen molar-refractivity contribution < 1.29 is 23.8 Å². The average molecular weight is 278 g/mol. The van der Waals surface area contributed by atoms with Gasteiger partial charge < -0.3 is 19.5 Å². The van der Waals surface area contributed by atoms with E-state index in [1.54, 1.807) is 12.1 Å². The Morgan fingerprint density at radius 3 is 1.95 bits per heavy atom. The van der Waals surface area contributed by atoms with Gasteiger partial charge in [0.1, 0.15) is 5.70 Å². The van der Waals surface area contributed by atoms with E-state index in [1.807, 2.05) is 0 Å². The van der Waals surface area contributed by atoms with Crippen LogP contribution in [-0.2, 0) is 4.79 Å². The van der Waals surface area contributed by atoms with E-state index in [4.69, 9.17) is 14.2 Å². The van der Waals surface area contributed by atoms with Crippen LogP contribution in [0.15, 0.2) is 17.8 Å². The summed E-state index contributed by atoms with van der Waals surface area (Å²) in [5.74, 6) is 0.896. The van der Waals surface area contributed by atoms with Crippen molar-refractivity contribution in [1.82, 2.24) is 10.6 Å². The van der Waals surface area contributed by atoms with E-state index in [-0.39, 0.29) is 5.70 Å². The van der Waals surface area contributed by atoms with Gasteiger partial charge in [-0.05, 0) is 23.8 Å².